The van der Waals surface area contributed by atoms with Gasteiger partial charge in [0.15, 0.2) is 0 Å². The van der Waals surface area contributed by atoms with Crippen molar-refractivity contribution in [2.24, 2.45) is 5.90 Å². The Labute approximate surface area is 66.2 Å². The highest BCUT2D eigenvalue weighted by Crippen LogP contribution is 2.10. The Morgan fingerprint density at radius 3 is 2.45 bits per heavy atom. The Balaban J connectivity index is 2.74. The molecule has 2 nitrogen and oxygen atoms in total. The number of hydrogen-bond acceptors (Lipinski definition) is 2. The predicted molar refractivity (Wildman–Crippen MR) is 45.2 cm³/mol. The van der Waals surface area contributed by atoms with Crippen LogP contribution < -0.4 is 10.7 Å². The highest BCUT2D eigenvalue weighted by Gasteiger charge is 1.90. The van der Waals surface area contributed by atoms with Gasteiger partial charge >= 0.3 is 0 Å². The zero-order valence-corrected chi connectivity index (χ0v) is 6.29. The highest BCUT2D eigenvalue weighted by atomic mass is 16.6. The van der Waals surface area contributed by atoms with Crippen molar-refractivity contribution in [3.05, 3.63) is 42.5 Å². The second kappa shape index (κ2) is 3.78. The first-order chi connectivity index (χ1) is 5.36. The summed E-state index contributed by atoms with van der Waals surface area (Å²) in [5, 5.41) is 0. The average Bonchev–Trinajstić information content (AvgIpc) is 2.07. The van der Waals surface area contributed by atoms with Crippen LogP contribution in [0.25, 0.3) is 0 Å². The fourth-order valence-electron chi connectivity index (χ4n) is 0.871. The van der Waals surface area contributed by atoms with Crippen molar-refractivity contribution in [1.29, 1.82) is 0 Å². The van der Waals surface area contributed by atoms with E-state index < -0.39 is 0 Å². The van der Waals surface area contributed by atoms with E-state index in [1.165, 1.54) is 5.56 Å². The third-order valence-electron chi connectivity index (χ3n) is 1.44. The second-order valence-electron chi connectivity index (χ2n) is 2.25. The monoisotopic (exact) mass is 149 g/mol. The smallest absolute Gasteiger partial charge is 0.146 e. The first-order valence-electron chi connectivity index (χ1n) is 3.43. The Kier molecular flexibility index (Phi) is 2.69. The standard InChI is InChI=1S/C9H11NO/c1-2-3-8-4-6-9(11-10)7-5-8/h2,4-7H,1,3,10H2. The van der Waals surface area contributed by atoms with Gasteiger partial charge in [0.1, 0.15) is 5.75 Å². The summed E-state index contributed by atoms with van der Waals surface area (Å²) < 4.78 is 0. The van der Waals surface area contributed by atoms with Gasteiger partial charge in [0.05, 0.1) is 0 Å². The minimum atomic E-state index is 0.679. The first kappa shape index (κ1) is 7.82. The summed E-state index contributed by atoms with van der Waals surface area (Å²) in [5.41, 5.74) is 1.21. The van der Waals surface area contributed by atoms with Gasteiger partial charge in [-0.15, -0.1) is 6.58 Å². The van der Waals surface area contributed by atoms with E-state index in [0.29, 0.717) is 5.75 Å². The number of benzene rings is 1. The molecule has 0 spiro atoms. The molecule has 0 heterocycles. The Morgan fingerprint density at radius 2 is 2.00 bits per heavy atom. The molecule has 0 aliphatic rings. The Hall–Kier alpha value is -1.28. The van der Waals surface area contributed by atoms with Gasteiger partial charge in [-0.05, 0) is 24.1 Å². The molecule has 0 radical (unpaired) electrons. The molecular weight excluding hydrogens is 138 g/mol. The fraction of sp³-hybridized carbons (Fsp3) is 0.111. The van der Waals surface area contributed by atoms with E-state index in [1.807, 2.05) is 30.3 Å². The van der Waals surface area contributed by atoms with Gasteiger partial charge in [-0.2, -0.15) is 5.90 Å². The molecule has 0 bridgehead atoms. The van der Waals surface area contributed by atoms with Gasteiger partial charge < -0.3 is 4.84 Å². The van der Waals surface area contributed by atoms with Crippen LogP contribution >= 0.6 is 0 Å². The third-order valence-corrected chi connectivity index (χ3v) is 1.44. The quantitative estimate of drug-likeness (QED) is 0.524. The molecule has 58 valence electrons. The average molecular weight is 149 g/mol. The van der Waals surface area contributed by atoms with Crippen LogP contribution in [-0.4, -0.2) is 0 Å². The molecule has 0 atom stereocenters. The second-order valence-corrected chi connectivity index (χ2v) is 2.25. The SMILES string of the molecule is C=CCc1ccc(ON)cc1. The largest absolute Gasteiger partial charge is 0.412 e. The van der Waals surface area contributed by atoms with Crippen molar-refractivity contribution < 1.29 is 4.84 Å². The van der Waals surface area contributed by atoms with Crippen LogP contribution in [0.15, 0.2) is 36.9 Å². The van der Waals surface area contributed by atoms with Crippen LogP contribution in [-0.2, 0) is 6.42 Å². The summed E-state index contributed by atoms with van der Waals surface area (Å²) in [6.45, 7) is 3.64. The fourth-order valence-corrected chi connectivity index (χ4v) is 0.871. The number of nitrogens with two attached hydrogens (primary N) is 1. The lowest BCUT2D eigenvalue weighted by Crippen LogP contribution is -2.01. The van der Waals surface area contributed by atoms with Gasteiger partial charge in [-0.3, -0.25) is 0 Å². The number of allylic oxidation sites excluding steroid dienone is 1. The van der Waals surface area contributed by atoms with E-state index in [0.717, 1.165) is 6.42 Å². The molecule has 1 aromatic carbocycles. The molecule has 2 heteroatoms. The lowest BCUT2D eigenvalue weighted by atomic mass is 10.1. The lowest BCUT2D eigenvalue weighted by molar-refractivity contribution is 0.334. The maximum absolute atomic E-state index is 4.95. The molecule has 0 fully saturated rings. The maximum atomic E-state index is 4.95. The molecule has 1 rings (SSSR count). The summed E-state index contributed by atoms with van der Waals surface area (Å²) >= 11 is 0. The molecule has 0 aliphatic carbocycles. The normalized spacial score (nSPS) is 9.18. The van der Waals surface area contributed by atoms with E-state index >= 15 is 0 Å². The summed E-state index contributed by atoms with van der Waals surface area (Å²) in [4.78, 5) is 4.52. The molecule has 0 amide bonds. The zero-order chi connectivity index (χ0) is 8.10. The van der Waals surface area contributed by atoms with Crippen LogP contribution in [0.4, 0.5) is 0 Å². The molecule has 0 unspecified atom stereocenters. The molecule has 0 saturated heterocycles. The van der Waals surface area contributed by atoms with Crippen molar-refractivity contribution in [2.75, 3.05) is 0 Å². The van der Waals surface area contributed by atoms with Gasteiger partial charge in [0.2, 0.25) is 0 Å². The zero-order valence-electron chi connectivity index (χ0n) is 6.29. The minimum Gasteiger partial charge on any atom is -0.412 e. The molecule has 0 saturated carbocycles. The van der Waals surface area contributed by atoms with Crippen molar-refractivity contribution in [1.82, 2.24) is 0 Å². The van der Waals surface area contributed by atoms with E-state index in [-0.39, 0.29) is 0 Å². The topological polar surface area (TPSA) is 35.2 Å². The predicted octanol–water partition coefficient (Wildman–Crippen LogP) is 1.67. The number of rotatable bonds is 3. The summed E-state index contributed by atoms with van der Waals surface area (Å²) in [6.07, 6.45) is 2.74. The molecule has 0 aromatic heterocycles. The first-order valence-corrected chi connectivity index (χ1v) is 3.43. The van der Waals surface area contributed by atoms with Crippen molar-refractivity contribution in [2.45, 2.75) is 6.42 Å². The Bertz CT molecular complexity index is 228. The maximum Gasteiger partial charge on any atom is 0.146 e. The summed E-state index contributed by atoms with van der Waals surface area (Å²) in [5.74, 6) is 5.63. The van der Waals surface area contributed by atoms with E-state index in [1.54, 1.807) is 0 Å². The van der Waals surface area contributed by atoms with Gasteiger partial charge in [0, 0.05) is 0 Å². The molecule has 0 aliphatic heterocycles. The van der Waals surface area contributed by atoms with E-state index in [9.17, 15) is 0 Å². The summed E-state index contributed by atoms with van der Waals surface area (Å²) in [6, 6.07) is 7.59. The van der Waals surface area contributed by atoms with Crippen molar-refractivity contribution in [3.8, 4) is 5.75 Å². The van der Waals surface area contributed by atoms with Crippen molar-refractivity contribution in [3.63, 3.8) is 0 Å². The minimum absolute atomic E-state index is 0.679. The van der Waals surface area contributed by atoms with Crippen LogP contribution in [0.5, 0.6) is 5.75 Å². The van der Waals surface area contributed by atoms with Crippen LogP contribution in [0.1, 0.15) is 5.56 Å². The van der Waals surface area contributed by atoms with E-state index in [4.69, 9.17) is 5.90 Å². The molecule has 1 aromatic rings. The van der Waals surface area contributed by atoms with Crippen LogP contribution in [0, 0.1) is 0 Å². The van der Waals surface area contributed by atoms with Crippen LogP contribution in [0.3, 0.4) is 0 Å². The Morgan fingerprint density at radius 1 is 1.36 bits per heavy atom. The van der Waals surface area contributed by atoms with Gasteiger partial charge in [-0.25, -0.2) is 0 Å². The van der Waals surface area contributed by atoms with Crippen molar-refractivity contribution >= 4 is 0 Å². The molecular formula is C9H11NO. The summed E-state index contributed by atoms with van der Waals surface area (Å²) in [7, 11) is 0. The molecule has 11 heavy (non-hydrogen) atoms. The molecule has 2 N–H and O–H groups in total. The third kappa shape index (κ3) is 2.09. The number of hydrogen-bond donors (Lipinski definition) is 1. The van der Waals surface area contributed by atoms with Gasteiger partial charge in [0.25, 0.3) is 0 Å². The lowest BCUT2D eigenvalue weighted by Gasteiger charge is -1.98. The highest BCUT2D eigenvalue weighted by molar-refractivity contribution is 5.27. The van der Waals surface area contributed by atoms with Crippen LogP contribution in [0.2, 0.25) is 0 Å². The van der Waals surface area contributed by atoms with Gasteiger partial charge in [-0.1, -0.05) is 18.2 Å². The van der Waals surface area contributed by atoms with E-state index in [2.05, 4.69) is 11.4 Å².